The number of nitrogen functional groups attached to an aromatic ring is 1. The normalized spacial score (nSPS) is 10.3. The van der Waals surface area contributed by atoms with E-state index in [4.69, 9.17) is 5.84 Å². The van der Waals surface area contributed by atoms with Crippen LogP contribution in [0.2, 0.25) is 0 Å². The molecule has 0 aliphatic rings. The first kappa shape index (κ1) is 13.8. The van der Waals surface area contributed by atoms with Crippen molar-refractivity contribution in [3.63, 3.8) is 0 Å². The van der Waals surface area contributed by atoms with Gasteiger partial charge in [0.2, 0.25) is 0 Å². The first-order valence-corrected chi connectivity index (χ1v) is 6.09. The molecule has 0 aliphatic heterocycles. The number of non-ortho nitro benzene ring substituents is 1. The number of nitrogens with two attached hydrogens (primary N) is 1. The number of hydrazine groups is 1. The summed E-state index contributed by atoms with van der Waals surface area (Å²) in [7, 11) is 1.82. The summed E-state index contributed by atoms with van der Waals surface area (Å²) in [6.07, 6.45) is 2.59. The van der Waals surface area contributed by atoms with Gasteiger partial charge >= 0.3 is 0 Å². The van der Waals surface area contributed by atoms with Crippen molar-refractivity contribution in [2.45, 2.75) is 13.3 Å². The lowest BCUT2D eigenvalue weighted by Gasteiger charge is -2.08. The van der Waals surface area contributed by atoms with E-state index in [0.29, 0.717) is 11.4 Å². The fourth-order valence-electron chi connectivity index (χ4n) is 1.93. The van der Waals surface area contributed by atoms with Crippen molar-refractivity contribution in [3.05, 3.63) is 40.2 Å². The molecule has 2 rings (SSSR count). The third-order valence-corrected chi connectivity index (χ3v) is 2.81. The van der Waals surface area contributed by atoms with Gasteiger partial charge in [0, 0.05) is 31.1 Å². The number of nitro benzene ring substituents is 1. The average molecular weight is 276 g/mol. The van der Waals surface area contributed by atoms with E-state index in [2.05, 4.69) is 15.8 Å². The van der Waals surface area contributed by atoms with E-state index in [0.717, 1.165) is 17.8 Å². The van der Waals surface area contributed by atoms with Crippen molar-refractivity contribution in [2.75, 3.05) is 10.7 Å². The maximum Gasteiger partial charge on any atom is 0.273 e. The van der Waals surface area contributed by atoms with Crippen LogP contribution in [-0.2, 0) is 13.5 Å². The van der Waals surface area contributed by atoms with Crippen molar-refractivity contribution in [3.8, 4) is 0 Å². The Morgan fingerprint density at radius 2 is 2.10 bits per heavy atom. The molecule has 0 radical (unpaired) electrons. The Kier molecular flexibility index (Phi) is 3.85. The molecule has 1 aromatic carbocycles. The largest absolute Gasteiger partial charge is 0.352 e. The SMILES string of the molecule is CCc1nn(C)cc1Nc1cc(NN)cc([N+](=O)[O-])c1. The topological polar surface area (TPSA) is 111 Å². The first-order valence-electron chi connectivity index (χ1n) is 6.09. The highest BCUT2D eigenvalue weighted by atomic mass is 16.6. The molecule has 0 atom stereocenters. The third-order valence-electron chi connectivity index (χ3n) is 2.81. The highest BCUT2D eigenvalue weighted by Crippen LogP contribution is 2.27. The molecule has 0 unspecified atom stereocenters. The molecular formula is C12H16N6O2. The predicted octanol–water partition coefficient (Wildman–Crippen LogP) is 1.92. The van der Waals surface area contributed by atoms with E-state index in [1.807, 2.05) is 20.2 Å². The lowest BCUT2D eigenvalue weighted by molar-refractivity contribution is -0.384. The fourth-order valence-corrected chi connectivity index (χ4v) is 1.93. The summed E-state index contributed by atoms with van der Waals surface area (Å²) in [5.41, 5.74) is 5.13. The van der Waals surface area contributed by atoms with Crippen molar-refractivity contribution in [1.29, 1.82) is 0 Å². The van der Waals surface area contributed by atoms with Gasteiger partial charge in [-0.25, -0.2) is 0 Å². The summed E-state index contributed by atoms with van der Waals surface area (Å²) in [6.45, 7) is 1.99. The summed E-state index contributed by atoms with van der Waals surface area (Å²) in [6, 6.07) is 4.52. The van der Waals surface area contributed by atoms with Gasteiger partial charge in [0.05, 0.1) is 22.0 Å². The Hall–Kier alpha value is -2.61. The summed E-state index contributed by atoms with van der Waals surface area (Å²) >= 11 is 0. The van der Waals surface area contributed by atoms with Crippen molar-refractivity contribution in [1.82, 2.24) is 9.78 Å². The highest BCUT2D eigenvalue weighted by molar-refractivity contribution is 5.69. The minimum absolute atomic E-state index is 0.0371. The molecule has 8 nitrogen and oxygen atoms in total. The smallest absolute Gasteiger partial charge is 0.273 e. The second-order valence-electron chi connectivity index (χ2n) is 4.31. The van der Waals surface area contributed by atoms with Crippen LogP contribution in [0.1, 0.15) is 12.6 Å². The number of anilines is 3. The minimum Gasteiger partial charge on any atom is -0.352 e. The molecular weight excluding hydrogens is 260 g/mol. The van der Waals surface area contributed by atoms with E-state index in [9.17, 15) is 10.1 Å². The number of benzene rings is 1. The van der Waals surface area contributed by atoms with E-state index >= 15 is 0 Å². The minimum atomic E-state index is -0.462. The Balaban J connectivity index is 2.37. The van der Waals surface area contributed by atoms with Crippen LogP contribution in [0.3, 0.4) is 0 Å². The van der Waals surface area contributed by atoms with Crippen molar-refractivity contribution in [2.24, 2.45) is 12.9 Å². The summed E-state index contributed by atoms with van der Waals surface area (Å²) in [5, 5.41) is 18.3. The lowest BCUT2D eigenvalue weighted by Crippen LogP contribution is -2.07. The molecule has 20 heavy (non-hydrogen) atoms. The Morgan fingerprint density at radius 1 is 1.40 bits per heavy atom. The standard InChI is InChI=1S/C12H16N6O2/c1-3-11-12(7-17(2)16-11)14-8-4-9(15-13)6-10(5-8)18(19)20/h4-7,14-15H,3,13H2,1-2H3. The van der Waals surface area contributed by atoms with Crippen LogP contribution >= 0.6 is 0 Å². The molecule has 0 spiro atoms. The molecule has 0 aliphatic carbocycles. The predicted molar refractivity (Wildman–Crippen MR) is 76.8 cm³/mol. The van der Waals surface area contributed by atoms with E-state index < -0.39 is 4.92 Å². The van der Waals surface area contributed by atoms with Gasteiger partial charge < -0.3 is 10.7 Å². The maximum absolute atomic E-state index is 10.9. The van der Waals surface area contributed by atoms with E-state index in [-0.39, 0.29) is 5.69 Å². The molecule has 1 heterocycles. The Morgan fingerprint density at radius 3 is 2.70 bits per heavy atom. The Labute approximate surface area is 115 Å². The number of aryl methyl sites for hydroxylation is 2. The molecule has 0 saturated carbocycles. The van der Waals surface area contributed by atoms with Crippen LogP contribution in [0.25, 0.3) is 0 Å². The zero-order chi connectivity index (χ0) is 14.7. The molecule has 0 bridgehead atoms. The van der Waals surface area contributed by atoms with Gasteiger partial charge in [0.25, 0.3) is 5.69 Å². The average Bonchev–Trinajstić information content (AvgIpc) is 2.78. The number of rotatable bonds is 5. The number of nitro groups is 1. The zero-order valence-electron chi connectivity index (χ0n) is 11.3. The van der Waals surface area contributed by atoms with Crippen LogP contribution in [0.5, 0.6) is 0 Å². The van der Waals surface area contributed by atoms with Gasteiger partial charge in [-0.3, -0.25) is 20.6 Å². The quantitative estimate of drug-likeness (QED) is 0.437. The first-order chi connectivity index (χ1) is 9.53. The van der Waals surface area contributed by atoms with Crippen LogP contribution in [0, 0.1) is 10.1 Å². The highest BCUT2D eigenvalue weighted by Gasteiger charge is 2.12. The summed E-state index contributed by atoms with van der Waals surface area (Å²) < 4.78 is 1.70. The second kappa shape index (κ2) is 5.57. The molecule has 0 amide bonds. The van der Waals surface area contributed by atoms with Gasteiger partial charge in [-0.2, -0.15) is 5.10 Å². The van der Waals surface area contributed by atoms with Gasteiger partial charge in [0.1, 0.15) is 0 Å². The van der Waals surface area contributed by atoms with Gasteiger partial charge in [-0.1, -0.05) is 6.92 Å². The number of aromatic nitrogens is 2. The third kappa shape index (κ3) is 2.86. The van der Waals surface area contributed by atoms with Gasteiger partial charge in [0.15, 0.2) is 0 Å². The number of hydrogen-bond acceptors (Lipinski definition) is 6. The van der Waals surface area contributed by atoms with E-state index in [1.165, 1.54) is 12.1 Å². The number of nitrogens with one attached hydrogen (secondary N) is 2. The Bertz CT molecular complexity index is 637. The van der Waals surface area contributed by atoms with Crippen LogP contribution in [-0.4, -0.2) is 14.7 Å². The summed E-state index contributed by atoms with van der Waals surface area (Å²) in [5.74, 6) is 5.32. The molecule has 8 heteroatoms. The van der Waals surface area contributed by atoms with Crippen LogP contribution < -0.4 is 16.6 Å². The van der Waals surface area contributed by atoms with Crippen molar-refractivity contribution >= 4 is 22.7 Å². The summed E-state index contributed by atoms with van der Waals surface area (Å²) in [4.78, 5) is 10.4. The fraction of sp³-hybridized carbons (Fsp3) is 0.250. The van der Waals surface area contributed by atoms with Crippen molar-refractivity contribution < 1.29 is 4.92 Å². The molecule has 2 aromatic rings. The number of nitrogens with zero attached hydrogens (tertiary/aromatic N) is 3. The lowest BCUT2D eigenvalue weighted by atomic mass is 10.2. The van der Waals surface area contributed by atoms with Crippen LogP contribution in [0.4, 0.5) is 22.7 Å². The van der Waals surface area contributed by atoms with Crippen LogP contribution in [0.15, 0.2) is 24.4 Å². The zero-order valence-corrected chi connectivity index (χ0v) is 11.3. The maximum atomic E-state index is 10.9. The number of hydrogen-bond donors (Lipinski definition) is 3. The second-order valence-corrected chi connectivity index (χ2v) is 4.31. The van der Waals surface area contributed by atoms with E-state index in [1.54, 1.807) is 10.7 Å². The monoisotopic (exact) mass is 276 g/mol. The van der Waals surface area contributed by atoms with Gasteiger partial charge in [-0.15, -0.1) is 0 Å². The molecule has 1 aromatic heterocycles. The molecule has 4 N–H and O–H groups in total. The molecule has 0 fully saturated rings. The molecule has 0 saturated heterocycles. The molecule has 106 valence electrons. The van der Waals surface area contributed by atoms with Gasteiger partial charge in [-0.05, 0) is 12.5 Å².